The average Bonchev–Trinajstić information content (AvgIpc) is 3.22. The van der Waals surface area contributed by atoms with E-state index >= 15 is 4.39 Å². The second-order valence-corrected chi connectivity index (χ2v) is 13.5. The highest BCUT2D eigenvalue weighted by Crippen LogP contribution is 2.53. The van der Waals surface area contributed by atoms with Gasteiger partial charge in [-0.25, -0.2) is 8.78 Å². The van der Waals surface area contributed by atoms with Gasteiger partial charge in [0.25, 0.3) is 0 Å². The third-order valence-corrected chi connectivity index (χ3v) is 10.6. The number of pyridine rings is 1. The number of anilines is 1. The fourth-order valence-corrected chi connectivity index (χ4v) is 8.39. The van der Waals surface area contributed by atoms with Gasteiger partial charge in [-0.2, -0.15) is 9.97 Å². The number of halogens is 3. The topological polar surface area (TPSA) is 86.6 Å². The van der Waals surface area contributed by atoms with Crippen molar-refractivity contribution in [1.82, 2.24) is 25.2 Å². The number of phenols is 1. The Kier molecular flexibility index (Phi) is 6.28. The molecule has 6 atom stereocenters. The van der Waals surface area contributed by atoms with Crippen LogP contribution < -0.4 is 15.0 Å². The van der Waals surface area contributed by atoms with Crippen molar-refractivity contribution in [1.29, 1.82) is 0 Å². The predicted octanol–water partition coefficient (Wildman–Crippen LogP) is 5.21. The fourth-order valence-electron chi connectivity index (χ4n) is 8.03. The lowest BCUT2D eigenvalue weighted by Crippen LogP contribution is -2.51. The first kappa shape index (κ1) is 26.8. The molecule has 6 heterocycles. The van der Waals surface area contributed by atoms with Gasteiger partial charge in [-0.3, -0.25) is 9.88 Å². The molecule has 2 bridgehead atoms. The maximum atomic E-state index is 16.7. The summed E-state index contributed by atoms with van der Waals surface area (Å²) in [5.74, 6) is 0.564. The first-order chi connectivity index (χ1) is 20.3. The zero-order valence-corrected chi connectivity index (χ0v) is 24.4. The van der Waals surface area contributed by atoms with Crippen LogP contribution in [0.1, 0.15) is 56.9 Å². The van der Waals surface area contributed by atoms with Crippen LogP contribution >= 0.6 is 11.6 Å². The Hall–Kier alpha value is -2.82. The maximum Gasteiger partial charge on any atom is 0.319 e. The third-order valence-electron chi connectivity index (χ3n) is 10.2. The molecule has 2 unspecified atom stereocenters. The minimum Gasteiger partial charge on any atom is -0.508 e. The van der Waals surface area contributed by atoms with E-state index in [1.54, 1.807) is 12.3 Å². The summed E-state index contributed by atoms with van der Waals surface area (Å²) in [5.41, 5.74) is 1.14. The predicted molar refractivity (Wildman–Crippen MR) is 157 cm³/mol. The Bertz CT molecular complexity index is 1560. The van der Waals surface area contributed by atoms with Crippen molar-refractivity contribution in [3.05, 3.63) is 34.7 Å². The number of fused-ring (bicyclic) bond motifs is 4. The van der Waals surface area contributed by atoms with Crippen LogP contribution in [0.5, 0.6) is 11.8 Å². The van der Waals surface area contributed by atoms with Crippen molar-refractivity contribution in [3.8, 4) is 23.0 Å². The molecule has 8 nitrogen and oxygen atoms in total. The van der Waals surface area contributed by atoms with Crippen LogP contribution in [0.15, 0.2) is 18.3 Å². The van der Waals surface area contributed by atoms with Crippen molar-refractivity contribution in [2.75, 3.05) is 37.7 Å². The lowest BCUT2D eigenvalue weighted by Gasteiger charge is -2.34. The van der Waals surface area contributed by atoms with Crippen molar-refractivity contribution < 1.29 is 18.6 Å². The van der Waals surface area contributed by atoms with Crippen molar-refractivity contribution in [3.63, 3.8) is 0 Å². The minimum absolute atomic E-state index is 0.0415. The standard InChI is InChI=1S/C31H35ClF2N6O2/c1-16-7-21(16)25-22(8-20(41)9-24(25)32)27-26(34)28-23(11-35-27)29(39-13-18-3-4-19(14-39)36-18)38-30(37-28)42-15-31-5-2-6-40(31)12-17(33)10-31/h8-9,11,16-19,21,36,41H,2-7,10,12-15H2,1H3/t16-,17-,18?,19?,21+,31+/m1/s1. The Morgan fingerprint density at radius 2 is 1.98 bits per heavy atom. The fraction of sp³-hybridized carbons (Fsp3) is 0.581. The molecule has 0 amide bonds. The smallest absolute Gasteiger partial charge is 0.319 e. The second-order valence-electron chi connectivity index (χ2n) is 13.1. The van der Waals surface area contributed by atoms with Crippen LogP contribution in [0.25, 0.3) is 22.2 Å². The van der Waals surface area contributed by atoms with Crippen LogP contribution in [0.2, 0.25) is 5.02 Å². The largest absolute Gasteiger partial charge is 0.508 e. The molecule has 2 aromatic heterocycles. The Balaban J connectivity index is 1.23. The van der Waals surface area contributed by atoms with Gasteiger partial charge in [0.1, 0.15) is 35.6 Å². The first-order valence-corrected chi connectivity index (χ1v) is 15.6. The Morgan fingerprint density at radius 3 is 2.74 bits per heavy atom. The number of alkyl halides is 1. The van der Waals surface area contributed by atoms with Crippen LogP contribution in [0.4, 0.5) is 14.6 Å². The molecule has 5 aliphatic rings. The van der Waals surface area contributed by atoms with Crippen molar-refractivity contribution in [2.45, 2.75) is 75.2 Å². The lowest BCUT2D eigenvalue weighted by molar-refractivity contribution is 0.107. The number of phenolic OH excluding ortho intramolecular Hbond substituents is 1. The highest BCUT2D eigenvalue weighted by atomic mass is 35.5. The van der Waals surface area contributed by atoms with Gasteiger partial charge in [-0.05, 0) is 68.2 Å². The zero-order valence-electron chi connectivity index (χ0n) is 23.6. The van der Waals surface area contributed by atoms with E-state index in [-0.39, 0.29) is 41.0 Å². The van der Waals surface area contributed by atoms with E-state index in [1.165, 1.54) is 6.07 Å². The van der Waals surface area contributed by atoms with Gasteiger partial charge in [0.2, 0.25) is 0 Å². The zero-order chi connectivity index (χ0) is 28.7. The lowest BCUT2D eigenvalue weighted by atomic mass is 9.95. The number of rotatable bonds is 6. The monoisotopic (exact) mass is 596 g/mol. The van der Waals surface area contributed by atoms with Crippen molar-refractivity contribution in [2.24, 2.45) is 5.92 Å². The SMILES string of the molecule is C[C@@H]1C[C@@H]1c1c(Cl)cc(O)cc1-c1ncc2c(N3CC4CCC(C3)N4)nc(OC[C@@]34CCCN3C[C@H](F)C4)nc2c1F. The van der Waals surface area contributed by atoms with Gasteiger partial charge in [0, 0.05) is 54.9 Å². The first-order valence-electron chi connectivity index (χ1n) is 15.2. The van der Waals surface area contributed by atoms with Gasteiger partial charge >= 0.3 is 6.01 Å². The third kappa shape index (κ3) is 4.40. The highest BCUT2D eigenvalue weighted by molar-refractivity contribution is 6.32. The summed E-state index contributed by atoms with van der Waals surface area (Å²) in [4.78, 5) is 18.4. The molecule has 11 heteroatoms. The molecule has 1 aromatic carbocycles. The molecule has 0 radical (unpaired) electrons. The number of aromatic hydroxyl groups is 1. The molecule has 8 rings (SSSR count). The van der Waals surface area contributed by atoms with Crippen molar-refractivity contribution >= 4 is 28.3 Å². The van der Waals surface area contributed by atoms with E-state index in [4.69, 9.17) is 21.3 Å². The van der Waals surface area contributed by atoms with E-state index in [1.807, 2.05) is 0 Å². The number of hydrogen-bond acceptors (Lipinski definition) is 8. The minimum atomic E-state index is -0.873. The number of aromatic nitrogens is 3. The number of hydrogen-bond donors (Lipinski definition) is 2. The molecule has 2 N–H and O–H groups in total. The van der Waals surface area contributed by atoms with Gasteiger partial charge in [-0.15, -0.1) is 0 Å². The summed E-state index contributed by atoms with van der Waals surface area (Å²) >= 11 is 6.60. The van der Waals surface area contributed by atoms with Gasteiger partial charge in [-0.1, -0.05) is 18.5 Å². The summed E-state index contributed by atoms with van der Waals surface area (Å²) in [6, 6.07) is 3.83. The van der Waals surface area contributed by atoms with E-state index in [0.717, 1.165) is 57.3 Å². The van der Waals surface area contributed by atoms with Gasteiger partial charge in [0.05, 0.1) is 10.9 Å². The molecular weight excluding hydrogens is 562 g/mol. The van der Waals surface area contributed by atoms with Crippen LogP contribution in [0.3, 0.4) is 0 Å². The normalized spacial score (nSPS) is 32.1. The molecule has 5 fully saturated rings. The Labute approximate surface area is 248 Å². The molecule has 4 aliphatic heterocycles. The second kappa shape index (κ2) is 9.86. The molecule has 1 aliphatic carbocycles. The van der Waals surface area contributed by atoms with Gasteiger partial charge in [0.15, 0.2) is 5.82 Å². The van der Waals surface area contributed by atoms with Crippen LogP contribution in [0, 0.1) is 11.7 Å². The number of piperazine rings is 1. The summed E-state index contributed by atoms with van der Waals surface area (Å²) in [5, 5.41) is 15.0. The maximum absolute atomic E-state index is 16.7. The molecule has 222 valence electrons. The quantitative estimate of drug-likeness (QED) is 0.401. The van der Waals surface area contributed by atoms with E-state index in [9.17, 15) is 9.50 Å². The number of nitrogens with zero attached hydrogens (tertiary/aromatic N) is 5. The summed E-state index contributed by atoms with van der Waals surface area (Å²) in [7, 11) is 0. The Morgan fingerprint density at radius 1 is 1.19 bits per heavy atom. The number of nitrogens with one attached hydrogen (secondary N) is 1. The van der Waals surface area contributed by atoms with E-state index in [0.29, 0.717) is 52.8 Å². The molecular formula is C31H35ClF2N6O2. The summed E-state index contributed by atoms with van der Waals surface area (Å²) in [6.07, 6.45) is 6.18. The van der Waals surface area contributed by atoms with Gasteiger partial charge < -0.3 is 20.1 Å². The number of benzene rings is 1. The average molecular weight is 597 g/mol. The van der Waals surface area contributed by atoms with Crippen LogP contribution in [-0.2, 0) is 0 Å². The molecule has 4 saturated heterocycles. The molecule has 3 aromatic rings. The van der Waals surface area contributed by atoms with Crippen LogP contribution in [-0.4, -0.2) is 81.5 Å². The molecule has 1 saturated carbocycles. The van der Waals surface area contributed by atoms with E-state index < -0.39 is 12.0 Å². The molecule has 42 heavy (non-hydrogen) atoms. The molecule has 0 spiro atoms. The number of ether oxygens (including phenoxy) is 1. The van der Waals surface area contributed by atoms with E-state index in [2.05, 4.69) is 32.0 Å². The highest BCUT2D eigenvalue weighted by Gasteiger charge is 2.49. The summed E-state index contributed by atoms with van der Waals surface area (Å²) in [6.45, 7) is 5.17. The summed E-state index contributed by atoms with van der Waals surface area (Å²) < 4.78 is 37.3.